The van der Waals surface area contributed by atoms with E-state index in [9.17, 15) is 8.78 Å². The second kappa shape index (κ2) is 5.94. The van der Waals surface area contributed by atoms with Crippen LogP contribution in [0.5, 0.6) is 0 Å². The van der Waals surface area contributed by atoms with E-state index in [0.717, 1.165) is 5.56 Å². The molecule has 2 N–H and O–H groups in total. The van der Waals surface area contributed by atoms with Gasteiger partial charge >= 0.3 is 0 Å². The van der Waals surface area contributed by atoms with E-state index in [1.165, 1.54) is 0 Å². The fourth-order valence-corrected chi connectivity index (χ4v) is 3.00. The van der Waals surface area contributed by atoms with Gasteiger partial charge in [0.05, 0.1) is 0 Å². The minimum absolute atomic E-state index is 0.0609. The summed E-state index contributed by atoms with van der Waals surface area (Å²) >= 11 is 12.0. The van der Waals surface area contributed by atoms with Crippen molar-refractivity contribution in [1.82, 2.24) is 0 Å². The van der Waals surface area contributed by atoms with E-state index in [1.54, 1.807) is 18.2 Å². The highest BCUT2D eigenvalue weighted by atomic mass is 35.5. The lowest BCUT2D eigenvalue weighted by Crippen LogP contribution is -2.37. The topological polar surface area (TPSA) is 26.0 Å². The Balaban J connectivity index is 1.98. The number of rotatable bonds is 3. The summed E-state index contributed by atoms with van der Waals surface area (Å²) in [7, 11) is 0. The average Bonchev–Trinajstić information content (AvgIpc) is 2.33. The summed E-state index contributed by atoms with van der Waals surface area (Å²) < 4.78 is 26.2. The van der Waals surface area contributed by atoms with E-state index in [1.807, 2.05) is 0 Å². The summed E-state index contributed by atoms with van der Waals surface area (Å²) in [5.74, 6) is -2.38. The van der Waals surface area contributed by atoms with Crippen LogP contribution in [0.15, 0.2) is 18.2 Å². The van der Waals surface area contributed by atoms with E-state index in [2.05, 4.69) is 0 Å². The minimum atomic E-state index is -2.51. The Bertz CT molecular complexity index is 441. The van der Waals surface area contributed by atoms with Gasteiger partial charge in [-0.05, 0) is 48.9 Å². The molecule has 1 fully saturated rings. The van der Waals surface area contributed by atoms with E-state index in [0.29, 0.717) is 29.3 Å². The van der Waals surface area contributed by atoms with Gasteiger partial charge < -0.3 is 5.73 Å². The number of halogens is 4. The van der Waals surface area contributed by atoms with Crippen molar-refractivity contribution in [3.05, 3.63) is 33.8 Å². The van der Waals surface area contributed by atoms with Gasteiger partial charge in [-0.3, -0.25) is 0 Å². The molecule has 106 valence electrons. The van der Waals surface area contributed by atoms with Gasteiger partial charge in [0.25, 0.3) is 0 Å². The normalized spacial score (nSPS) is 21.3. The number of alkyl halides is 2. The molecular weight excluding hydrogens is 291 g/mol. The first-order valence-electron chi connectivity index (χ1n) is 6.45. The van der Waals surface area contributed by atoms with E-state index in [4.69, 9.17) is 28.9 Å². The monoisotopic (exact) mass is 307 g/mol. The van der Waals surface area contributed by atoms with E-state index >= 15 is 0 Å². The van der Waals surface area contributed by atoms with Crippen molar-refractivity contribution in [2.24, 2.45) is 11.7 Å². The predicted molar refractivity (Wildman–Crippen MR) is 75.0 cm³/mol. The maximum absolute atomic E-state index is 13.1. The molecule has 1 saturated carbocycles. The number of nitrogens with two attached hydrogens (primary N) is 1. The molecule has 5 heteroatoms. The van der Waals surface area contributed by atoms with Crippen molar-refractivity contribution < 1.29 is 8.78 Å². The maximum atomic E-state index is 13.1. The third kappa shape index (κ3) is 4.04. The second-order valence-corrected chi connectivity index (χ2v) is 6.14. The lowest BCUT2D eigenvalue weighted by Gasteiger charge is -2.32. The van der Waals surface area contributed by atoms with Crippen LogP contribution in [0.25, 0.3) is 0 Å². The molecule has 1 nitrogen and oxygen atoms in total. The van der Waals surface area contributed by atoms with E-state index < -0.39 is 5.92 Å². The van der Waals surface area contributed by atoms with Crippen LogP contribution >= 0.6 is 23.2 Å². The van der Waals surface area contributed by atoms with Crippen LogP contribution in [-0.4, -0.2) is 12.0 Å². The lowest BCUT2D eigenvalue weighted by atomic mass is 9.80. The first kappa shape index (κ1) is 15.0. The molecule has 0 bridgehead atoms. The second-order valence-electron chi connectivity index (χ2n) is 5.30. The average molecular weight is 308 g/mol. The molecule has 0 aromatic heterocycles. The van der Waals surface area contributed by atoms with Gasteiger partial charge in [-0.15, -0.1) is 0 Å². The molecule has 1 aliphatic rings. The van der Waals surface area contributed by atoms with Gasteiger partial charge in [0.15, 0.2) is 0 Å². The highest BCUT2D eigenvalue weighted by Crippen LogP contribution is 2.37. The Hall–Kier alpha value is -0.380. The van der Waals surface area contributed by atoms with Crippen LogP contribution in [0.3, 0.4) is 0 Å². The van der Waals surface area contributed by atoms with Crippen molar-refractivity contribution in [3.8, 4) is 0 Å². The quantitative estimate of drug-likeness (QED) is 0.861. The Kier molecular flexibility index (Phi) is 4.70. The predicted octanol–water partition coefficient (Wildman–Crippen LogP) is 4.69. The molecule has 0 amide bonds. The standard InChI is InChI=1S/C14H17Cl2F2N/c15-11-1-2-12(16)10(7-11)8-13(19)9-3-5-14(17,18)6-4-9/h1-2,7,9,13H,3-6,8,19H2. The van der Waals surface area contributed by atoms with Crippen molar-refractivity contribution >= 4 is 23.2 Å². The molecule has 0 saturated heterocycles. The van der Waals surface area contributed by atoms with Crippen molar-refractivity contribution in [2.45, 2.75) is 44.1 Å². The van der Waals surface area contributed by atoms with Crippen molar-refractivity contribution in [3.63, 3.8) is 0 Å². The van der Waals surface area contributed by atoms with Gasteiger partial charge in [-0.1, -0.05) is 23.2 Å². The number of benzene rings is 1. The maximum Gasteiger partial charge on any atom is 0.248 e. The van der Waals surface area contributed by atoms with Gasteiger partial charge in [0.2, 0.25) is 5.92 Å². The molecule has 1 aliphatic carbocycles. The first-order chi connectivity index (χ1) is 8.87. The molecule has 0 heterocycles. The molecule has 19 heavy (non-hydrogen) atoms. The van der Waals surface area contributed by atoms with Crippen molar-refractivity contribution in [2.75, 3.05) is 0 Å². The minimum Gasteiger partial charge on any atom is -0.327 e. The zero-order chi connectivity index (χ0) is 14.0. The molecule has 2 rings (SSSR count). The lowest BCUT2D eigenvalue weighted by molar-refractivity contribution is -0.0481. The van der Waals surface area contributed by atoms with Crippen LogP contribution < -0.4 is 5.73 Å². The van der Waals surface area contributed by atoms with Crippen LogP contribution in [0.1, 0.15) is 31.2 Å². The number of hydrogen-bond acceptors (Lipinski definition) is 1. The molecule has 1 aromatic rings. The van der Waals surface area contributed by atoms with Crippen LogP contribution in [-0.2, 0) is 6.42 Å². The molecule has 0 aliphatic heterocycles. The van der Waals surface area contributed by atoms with Crippen molar-refractivity contribution in [1.29, 1.82) is 0 Å². The fraction of sp³-hybridized carbons (Fsp3) is 0.571. The van der Waals surface area contributed by atoms with Crippen LogP contribution in [0.4, 0.5) is 8.78 Å². The van der Waals surface area contributed by atoms with E-state index in [-0.39, 0.29) is 24.8 Å². The summed E-state index contributed by atoms with van der Waals surface area (Å²) in [5, 5.41) is 1.24. The Morgan fingerprint density at radius 1 is 1.26 bits per heavy atom. The molecule has 0 radical (unpaired) electrons. The summed E-state index contributed by atoms with van der Waals surface area (Å²) in [4.78, 5) is 0. The zero-order valence-electron chi connectivity index (χ0n) is 10.5. The third-order valence-corrected chi connectivity index (χ3v) is 4.43. The summed E-state index contributed by atoms with van der Waals surface area (Å²) in [6.45, 7) is 0. The first-order valence-corrected chi connectivity index (χ1v) is 7.20. The SMILES string of the molecule is NC(Cc1cc(Cl)ccc1Cl)C1CCC(F)(F)CC1. The number of hydrogen-bond donors (Lipinski definition) is 1. The Morgan fingerprint density at radius 2 is 1.89 bits per heavy atom. The summed E-state index contributed by atoms with van der Waals surface area (Å²) in [6.07, 6.45) is 1.41. The summed E-state index contributed by atoms with van der Waals surface area (Å²) in [6, 6.07) is 5.11. The van der Waals surface area contributed by atoms with Gasteiger partial charge in [-0.2, -0.15) is 0 Å². The molecule has 1 unspecified atom stereocenters. The Labute approximate surface area is 122 Å². The highest BCUT2D eigenvalue weighted by molar-refractivity contribution is 6.33. The molecular formula is C14H17Cl2F2N. The van der Waals surface area contributed by atoms with Gasteiger partial charge in [-0.25, -0.2) is 8.78 Å². The smallest absolute Gasteiger partial charge is 0.248 e. The fourth-order valence-electron chi connectivity index (χ4n) is 2.61. The molecule has 1 atom stereocenters. The van der Waals surface area contributed by atoms with Gasteiger partial charge in [0.1, 0.15) is 0 Å². The largest absolute Gasteiger partial charge is 0.327 e. The van der Waals surface area contributed by atoms with Gasteiger partial charge in [0, 0.05) is 28.9 Å². The third-order valence-electron chi connectivity index (χ3n) is 3.83. The zero-order valence-corrected chi connectivity index (χ0v) is 12.0. The summed E-state index contributed by atoms with van der Waals surface area (Å²) in [5.41, 5.74) is 7.03. The van der Waals surface area contributed by atoms with Crippen LogP contribution in [0, 0.1) is 5.92 Å². The highest BCUT2D eigenvalue weighted by Gasteiger charge is 2.36. The molecule has 0 spiro atoms. The Morgan fingerprint density at radius 3 is 2.53 bits per heavy atom. The molecule has 1 aromatic carbocycles. The van der Waals surface area contributed by atoms with Crippen LogP contribution in [0.2, 0.25) is 10.0 Å².